The summed E-state index contributed by atoms with van der Waals surface area (Å²) in [7, 11) is 1.47. The van der Waals surface area contributed by atoms with Crippen molar-refractivity contribution in [3.8, 4) is 0 Å². The number of carbonyl (C=O) groups excluding carboxylic acids is 1. The van der Waals surface area contributed by atoms with Gasteiger partial charge in [-0.2, -0.15) is 0 Å². The average molecular weight is 306 g/mol. The highest BCUT2D eigenvalue weighted by atomic mass is 32.1. The molecule has 0 fully saturated rings. The summed E-state index contributed by atoms with van der Waals surface area (Å²) in [5.41, 5.74) is 6.35. The summed E-state index contributed by atoms with van der Waals surface area (Å²) >= 11 is 4.93. The van der Waals surface area contributed by atoms with E-state index < -0.39 is 17.5 Å². The number of para-hydroxylation sites is 1. The zero-order chi connectivity index (χ0) is 15.6. The van der Waals surface area contributed by atoms with Crippen molar-refractivity contribution in [2.45, 2.75) is 0 Å². The molecule has 0 atom stereocenters. The zero-order valence-electron chi connectivity index (χ0n) is 11.1. The number of nitrogens with two attached hydrogens (primary N) is 1. The third-order valence-electron chi connectivity index (χ3n) is 3.00. The van der Waals surface area contributed by atoms with E-state index in [1.54, 1.807) is 24.3 Å². The van der Waals surface area contributed by atoms with Crippen molar-refractivity contribution >= 4 is 28.8 Å². The number of nitrogens with zero attached hydrogens (tertiary/aromatic N) is 1. The normalized spacial score (nSPS) is 10.2. The molecular weight excluding hydrogens is 294 g/mol. The first kappa shape index (κ1) is 15.1. The van der Waals surface area contributed by atoms with Crippen LogP contribution in [0.2, 0.25) is 0 Å². The van der Waals surface area contributed by atoms with Crippen LogP contribution in [0.15, 0.2) is 42.5 Å². The molecule has 2 aromatic rings. The van der Waals surface area contributed by atoms with E-state index in [1.807, 2.05) is 0 Å². The highest BCUT2D eigenvalue weighted by molar-refractivity contribution is 7.80. The van der Waals surface area contributed by atoms with Crippen LogP contribution in [0.4, 0.5) is 14.5 Å². The molecule has 0 aliphatic carbocycles. The maximum Gasteiger partial charge on any atom is 0.261 e. The van der Waals surface area contributed by atoms with Gasteiger partial charge in [0.05, 0.1) is 11.3 Å². The molecule has 0 radical (unpaired) electrons. The van der Waals surface area contributed by atoms with Crippen LogP contribution in [0.3, 0.4) is 0 Å². The van der Waals surface area contributed by atoms with Crippen molar-refractivity contribution < 1.29 is 13.6 Å². The molecular formula is C15H12F2N2OS. The summed E-state index contributed by atoms with van der Waals surface area (Å²) in [6.07, 6.45) is 0. The van der Waals surface area contributed by atoms with Crippen molar-refractivity contribution in [1.29, 1.82) is 0 Å². The zero-order valence-corrected chi connectivity index (χ0v) is 12.0. The third-order valence-corrected chi connectivity index (χ3v) is 3.22. The summed E-state index contributed by atoms with van der Waals surface area (Å²) in [6, 6.07) is 9.56. The lowest BCUT2D eigenvalue weighted by molar-refractivity contribution is 0.0989. The predicted molar refractivity (Wildman–Crippen MR) is 81.4 cm³/mol. The summed E-state index contributed by atoms with van der Waals surface area (Å²) in [5.74, 6) is -2.27. The standard InChI is InChI=1S/C15H12F2N2OS/c1-19(13-5-3-2-4-11(13)14(18)21)15(20)10-7-6-9(16)8-12(10)17/h2-8H,1H3,(H2,18,21). The lowest BCUT2D eigenvalue weighted by Gasteiger charge is -2.20. The van der Waals surface area contributed by atoms with E-state index in [1.165, 1.54) is 11.9 Å². The molecule has 2 N–H and O–H groups in total. The maximum absolute atomic E-state index is 13.7. The maximum atomic E-state index is 13.7. The Balaban J connectivity index is 2.42. The SMILES string of the molecule is CN(C(=O)c1ccc(F)cc1F)c1ccccc1C(N)=S. The Morgan fingerprint density at radius 2 is 1.81 bits per heavy atom. The van der Waals surface area contributed by atoms with Gasteiger partial charge in [0, 0.05) is 18.7 Å². The van der Waals surface area contributed by atoms with E-state index in [4.69, 9.17) is 18.0 Å². The molecule has 0 aliphatic rings. The van der Waals surface area contributed by atoms with Gasteiger partial charge in [-0.1, -0.05) is 24.4 Å². The molecule has 0 heterocycles. The van der Waals surface area contributed by atoms with Gasteiger partial charge < -0.3 is 10.6 Å². The van der Waals surface area contributed by atoms with Crippen LogP contribution in [0.5, 0.6) is 0 Å². The smallest absolute Gasteiger partial charge is 0.261 e. The number of anilines is 1. The Morgan fingerprint density at radius 3 is 2.43 bits per heavy atom. The number of amides is 1. The van der Waals surface area contributed by atoms with Crippen LogP contribution in [0.25, 0.3) is 0 Å². The number of thiocarbonyl (C=S) groups is 1. The van der Waals surface area contributed by atoms with Crippen LogP contribution in [-0.2, 0) is 0 Å². The molecule has 0 saturated carbocycles. The molecule has 0 unspecified atom stereocenters. The Labute approximate surface area is 126 Å². The van der Waals surface area contributed by atoms with Crippen molar-refractivity contribution in [3.05, 3.63) is 65.2 Å². The molecule has 3 nitrogen and oxygen atoms in total. The van der Waals surface area contributed by atoms with E-state index in [0.29, 0.717) is 17.3 Å². The molecule has 0 bridgehead atoms. The van der Waals surface area contributed by atoms with Gasteiger partial charge in [0.2, 0.25) is 0 Å². The van der Waals surface area contributed by atoms with Crippen molar-refractivity contribution in [1.82, 2.24) is 0 Å². The molecule has 0 saturated heterocycles. The number of benzene rings is 2. The number of halogens is 2. The van der Waals surface area contributed by atoms with Crippen molar-refractivity contribution in [3.63, 3.8) is 0 Å². The van der Waals surface area contributed by atoms with Gasteiger partial charge in [-0.3, -0.25) is 4.79 Å². The molecule has 6 heteroatoms. The Hall–Kier alpha value is -2.34. The molecule has 1 amide bonds. The number of rotatable bonds is 3. The lowest BCUT2D eigenvalue weighted by atomic mass is 10.1. The lowest BCUT2D eigenvalue weighted by Crippen LogP contribution is -2.29. The van der Waals surface area contributed by atoms with E-state index in [-0.39, 0.29) is 10.6 Å². The highest BCUT2D eigenvalue weighted by Gasteiger charge is 2.20. The molecule has 0 aromatic heterocycles. The topological polar surface area (TPSA) is 46.3 Å². The number of hydrogen-bond donors (Lipinski definition) is 1. The van der Waals surface area contributed by atoms with Gasteiger partial charge in [0.15, 0.2) is 0 Å². The van der Waals surface area contributed by atoms with Crippen molar-refractivity contribution in [2.24, 2.45) is 5.73 Å². The minimum absolute atomic E-state index is 0.129. The molecule has 2 rings (SSSR count). The average Bonchev–Trinajstić information content (AvgIpc) is 2.45. The molecule has 108 valence electrons. The Bertz CT molecular complexity index is 719. The second-order valence-corrected chi connectivity index (χ2v) is 4.81. The highest BCUT2D eigenvalue weighted by Crippen LogP contribution is 2.22. The summed E-state index contributed by atoms with van der Waals surface area (Å²) in [5, 5.41) is 0. The minimum Gasteiger partial charge on any atom is -0.389 e. The van der Waals surface area contributed by atoms with Gasteiger partial charge in [-0.25, -0.2) is 8.78 Å². The van der Waals surface area contributed by atoms with Gasteiger partial charge in [0.25, 0.3) is 5.91 Å². The van der Waals surface area contributed by atoms with Gasteiger partial charge in [-0.15, -0.1) is 0 Å². The van der Waals surface area contributed by atoms with Gasteiger partial charge in [-0.05, 0) is 24.3 Å². The summed E-state index contributed by atoms with van der Waals surface area (Å²) in [4.78, 5) is 13.7. The second kappa shape index (κ2) is 5.97. The Morgan fingerprint density at radius 1 is 1.14 bits per heavy atom. The predicted octanol–water partition coefficient (Wildman–Crippen LogP) is 2.88. The first-order valence-corrected chi connectivity index (χ1v) is 6.44. The van der Waals surface area contributed by atoms with Crippen LogP contribution in [0.1, 0.15) is 15.9 Å². The summed E-state index contributed by atoms with van der Waals surface area (Å²) in [6.45, 7) is 0. The fourth-order valence-corrected chi connectivity index (χ4v) is 2.10. The fraction of sp³-hybridized carbons (Fsp3) is 0.0667. The largest absolute Gasteiger partial charge is 0.389 e. The van der Waals surface area contributed by atoms with E-state index in [9.17, 15) is 13.6 Å². The molecule has 0 aliphatic heterocycles. The number of hydrogen-bond acceptors (Lipinski definition) is 2. The van der Waals surface area contributed by atoms with Gasteiger partial charge >= 0.3 is 0 Å². The fourth-order valence-electron chi connectivity index (χ4n) is 1.93. The van der Waals surface area contributed by atoms with E-state index in [2.05, 4.69) is 0 Å². The van der Waals surface area contributed by atoms with Crippen LogP contribution >= 0.6 is 12.2 Å². The second-order valence-electron chi connectivity index (χ2n) is 4.37. The first-order valence-electron chi connectivity index (χ1n) is 6.03. The monoisotopic (exact) mass is 306 g/mol. The Kier molecular flexibility index (Phi) is 4.28. The molecule has 0 spiro atoms. The quantitative estimate of drug-likeness (QED) is 0.887. The number of carbonyl (C=O) groups is 1. The third kappa shape index (κ3) is 3.05. The van der Waals surface area contributed by atoms with Crippen LogP contribution < -0.4 is 10.6 Å². The summed E-state index contributed by atoms with van der Waals surface area (Å²) < 4.78 is 26.6. The van der Waals surface area contributed by atoms with Gasteiger partial charge in [0.1, 0.15) is 16.6 Å². The molecule has 2 aromatic carbocycles. The van der Waals surface area contributed by atoms with E-state index >= 15 is 0 Å². The van der Waals surface area contributed by atoms with Crippen molar-refractivity contribution in [2.75, 3.05) is 11.9 Å². The first-order chi connectivity index (χ1) is 9.91. The minimum atomic E-state index is -0.917. The molecule has 21 heavy (non-hydrogen) atoms. The van der Waals surface area contributed by atoms with Crippen LogP contribution in [-0.4, -0.2) is 17.9 Å². The van der Waals surface area contributed by atoms with Crippen LogP contribution in [0, 0.1) is 11.6 Å². The van der Waals surface area contributed by atoms with E-state index in [0.717, 1.165) is 12.1 Å².